The predicted molar refractivity (Wildman–Crippen MR) is 132 cm³/mol. The van der Waals surface area contributed by atoms with Crippen molar-refractivity contribution < 1.29 is 27.4 Å². The molecular weight excluding hydrogens is 472 g/mol. The van der Waals surface area contributed by atoms with Gasteiger partial charge in [0.25, 0.3) is 0 Å². The summed E-state index contributed by atoms with van der Waals surface area (Å²) in [5.74, 6) is -4.14. The van der Waals surface area contributed by atoms with E-state index in [-0.39, 0.29) is 17.9 Å². The average molecular weight is 503 g/mol. The normalized spacial score (nSPS) is 11.4. The van der Waals surface area contributed by atoms with E-state index in [4.69, 9.17) is 9.84 Å². The van der Waals surface area contributed by atoms with Crippen LogP contribution >= 0.6 is 0 Å². The first-order valence-electron chi connectivity index (χ1n) is 12.2. The molecule has 0 aliphatic rings. The Kier molecular flexibility index (Phi) is 10.4. The van der Waals surface area contributed by atoms with Crippen LogP contribution in [0.25, 0.3) is 11.1 Å². The molecule has 0 amide bonds. The molecule has 0 aliphatic heterocycles. The number of nitrogens with zero attached hydrogens (tertiary/aromatic N) is 2. The summed E-state index contributed by atoms with van der Waals surface area (Å²) in [4.78, 5) is 0. The van der Waals surface area contributed by atoms with E-state index in [1.165, 1.54) is 25.7 Å². The van der Waals surface area contributed by atoms with E-state index >= 15 is 0 Å². The molecular formula is C28H30F4N2O2. The van der Waals surface area contributed by atoms with E-state index < -0.39 is 34.6 Å². The minimum Gasteiger partial charge on any atom is -0.493 e. The number of aliphatic hydroxyl groups excluding tert-OH is 1. The number of unbranched alkanes of at least 4 members (excludes halogenated alkanes) is 6. The standard InChI is InChI=1S/C28H30F4N2O2/c1-2-3-4-5-6-7-8-13-36-22-16-25(31)28(26(32)17-22)34-33-27-23(29)14-21(15-24(27)30)20-11-9-19(18-35)10-12-20/h9-12,14-17,35H,2-8,13,18H2,1H3. The van der Waals surface area contributed by atoms with Gasteiger partial charge in [0, 0.05) is 12.1 Å². The molecule has 0 aromatic heterocycles. The van der Waals surface area contributed by atoms with E-state index in [0.717, 1.165) is 43.5 Å². The Morgan fingerprint density at radius 1 is 0.667 bits per heavy atom. The zero-order valence-corrected chi connectivity index (χ0v) is 20.2. The van der Waals surface area contributed by atoms with Gasteiger partial charge >= 0.3 is 0 Å². The SMILES string of the molecule is CCCCCCCCCOc1cc(F)c(N=Nc2c(F)cc(-c3ccc(CO)cc3)cc2F)c(F)c1. The van der Waals surface area contributed by atoms with Gasteiger partial charge in [0.05, 0.1) is 13.2 Å². The van der Waals surface area contributed by atoms with Crippen LogP contribution in [-0.2, 0) is 6.61 Å². The van der Waals surface area contributed by atoms with Gasteiger partial charge in [0.15, 0.2) is 34.6 Å². The Balaban J connectivity index is 1.64. The van der Waals surface area contributed by atoms with Gasteiger partial charge in [-0.1, -0.05) is 69.7 Å². The molecule has 0 saturated carbocycles. The van der Waals surface area contributed by atoms with Crippen molar-refractivity contribution in [3.63, 3.8) is 0 Å². The van der Waals surface area contributed by atoms with Crippen molar-refractivity contribution in [3.8, 4) is 16.9 Å². The Bertz CT molecular complexity index is 1120. The molecule has 1 N–H and O–H groups in total. The van der Waals surface area contributed by atoms with Gasteiger partial charge in [-0.25, -0.2) is 17.6 Å². The largest absolute Gasteiger partial charge is 0.493 e. The lowest BCUT2D eigenvalue weighted by molar-refractivity contribution is 0.282. The van der Waals surface area contributed by atoms with Gasteiger partial charge in [-0.2, -0.15) is 0 Å². The molecule has 0 fully saturated rings. The fourth-order valence-corrected chi connectivity index (χ4v) is 3.70. The molecule has 4 nitrogen and oxygen atoms in total. The molecule has 36 heavy (non-hydrogen) atoms. The number of ether oxygens (including phenoxy) is 1. The van der Waals surface area contributed by atoms with Crippen LogP contribution in [0.1, 0.15) is 57.4 Å². The third-order valence-electron chi connectivity index (χ3n) is 5.74. The van der Waals surface area contributed by atoms with Crippen LogP contribution in [0, 0.1) is 23.3 Å². The van der Waals surface area contributed by atoms with Crippen molar-refractivity contribution in [1.29, 1.82) is 0 Å². The maximum absolute atomic E-state index is 14.6. The van der Waals surface area contributed by atoms with Crippen LogP contribution in [-0.4, -0.2) is 11.7 Å². The molecule has 3 aromatic carbocycles. The molecule has 0 atom stereocenters. The smallest absolute Gasteiger partial charge is 0.157 e. The predicted octanol–water partition coefficient (Wildman–Crippen LogP) is 8.95. The Labute approximate surface area is 208 Å². The third-order valence-corrected chi connectivity index (χ3v) is 5.74. The summed E-state index contributed by atoms with van der Waals surface area (Å²) in [6, 6.07) is 10.6. The summed E-state index contributed by atoms with van der Waals surface area (Å²) in [5.41, 5.74) is -0.0983. The fourth-order valence-electron chi connectivity index (χ4n) is 3.70. The quantitative estimate of drug-likeness (QED) is 0.144. The lowest BCUT2D eigenvalue weighted by atomic mass is 10.0. The van der Waals surface area contributed by atoms with Crippen LogP contribution in [0.15, 0.2) is 58.8 Å². The Morgan fingerprint density at radius 2 is 1.17 bits per heavy atom. The van der Waals surface area contributed by atoms with Crippen molar-refractivity contribution in [3.05, 3.63) is 77.4 Å². The molecule has 0 spiro atoms. The summed E-state index contributed by atoms with van der Waals surface area (Å²) < 4.78 is 63.4. The van der Waals surface area contributed by atoms with Gasteiger partial charge < -0.3 is 9.84 Å². The molecule has 0 radical (unpaired) electrons. The van der Waals surface area contributed by atoms with Crippen LogP contribution in [0.2, 0.25) is 0 Å². The molecule has 0 heterocycles. The van der Waals surface area contributed by atoms with Crippen LogP contribution in [0.3, 0.4) is 0 Å². The minimum absolute atomic E-state index is 0.0175. The van der Waals surface area contributed by atoms with Crippen molar-refractivity contribution in [2.45, 2.75) is 58.5 Å². The second-order valence-electron chi connectivity index (χ2n) is 8.55. The summed E-state index contributed by atoms with van der Waals surface area (Å²) in [6.07, 6.45) is 7.63. The summed E-state index contributed by atoms with van der Waals surface area (Å²) in [6.45, 7) is 2.34. The first-order chi connectivity index (χ1) is 17.4. The number of halogens is 4. The molecule has 0 saturated heterocycles. The van der Waals surface area contributed by atoms with E-state index in [2.05, 4.69) is 17.2 Å². The molecule has 3 aromatic rings. The zero-order valence-electron chi connectivity index (χ0n) is 20.2. The Morgan fingerprint density at radius 3 is 1.69 bits per heavy atom. The van der Waals surface area contributed by atoms with Crippen molar-refractivity contribution in [1.82, 2.24) is 0 Å². The van der Waals surface area contributed by atoms with Crippen LogP contribution < -0.4 is 4.74 Å². The minimum atomic E-state index is -1.05. The number of hydrogen-bond acceptors (Lipinski definition) is 4. The molecule has 192 valence electrons. The third kappa shape index (κ3) is 7.62. The Hall–Kier alpha value is -3.26. The monoisotopic (exact) mass is 502 g/mol. The molecule has 3 rings (SSSR count). The van der Waals surface area contributed by atoms with Gasteiger partial charge in [0.2, 0.25) is 0 Å². The maximum Gasteiger partial charge on any atom is 0.157 e. The van der Waals surface area contributed by atoms with E-state index in [9.17, 15) is 17.6 Å². The van der Waals surface area contributed by atoms with Gasteiger partial charge in [-0.15, -0.1) is 10.2 Å². The van der Waals surface area contributed by atoms with Gasteiger partial charge in [-0.3, -0.25) is 0 Å². The maximum atomic E-state index is 14.6. The first-order valence-corrected chi connectivity index (χ1v) is 12.2. The average Bonchev–Trinajstić information content (AvgIpc) is 2.86. The molecule has 0 aliphatic carbocycles. The van der Waals surface area contributed by atoms with Crippen molar-refractivity contribution >= 4 is 11.4 Å². The highest BCUT2D eigenvalue weighted by atomic mass is 19.1. The second-order valence-corrected chi connectivity index (χ2v) is 8.55. The number of hydrogen-bond donors (Lipinski definition) is 1. The summed E-state index contributed by atoms with van der Waals surface area (Å²) >= 11 is 0. The van der Waals surface area contributed by atoms with E-state index in [1.807, 2.05) is 0 Å². The fraction of sp³-hybridized carbons (Fsp3) is 0.357. The van der Waals surface area contributed by atoms with Crippen molar-refractivity contribution in [2.75, 3.05) is 6.61 Å². The van der Waals surface area contributed by atoms with E-state index in [0.29, 0.717) is 17.7 Å². The van der Waals surface area contributed by atoms with Crippen LogP contribution in [0.5, 0.6) is 5.75 Å². The van der Waals surface area contributed by atoms with Gasteiger partial charge in [0.1, 0.15) is 5.75 Å². The highest BCUT2D eigenvalue weighted by Crippen LogP contribution is 2.33. The lowest BCUT2D eigenvalue weighted by Gasteiger charge is -2.08. The second kappa shape index (κ2) is 13.7. The number of azo groups is 1. The highest BCUT2D eigenvalue weighted by molar-refractivity contribution is 5.66. The number of aliphatic hydroxyl groups is 1. The van der Waals surface area contributed by atoms with Crippen LogP contribution in [0.4, 0.5) is 28.9 Å². The zero-order chi connectivity index (χ0) is 25.9. The topological polar surface area (TPSA) is 54.2 Å². The highest BCUT2D eigenvalue weighted by Gasteiger charge is 2.15. The first kappa shape index (κ1) is 27.3. The van der Waals surface area contributed by atoms with Gasteiger partial charge in [-0.05, 0) is 35.2 Å². The lowest BCUT2D eigenvalue weighted by Crippen LogP contribution is -1.98. The van der Waals surface area contributed by atoms with Crippen molar-refractivity contribution in [2.24, 2.45) is 10.2 Å². The molecule has 0 unspecified atom stereocenters. The molecule has 8 heteroatoms. The summed E-state index contributed by atoms with van der Waals surface area (Å²) in [5, 5.41) is 16.0. The number of benzene rings is 3. The van der Waals surface area contributed by atoms with E-state index in [1.54, 1.807) is 24.3 Å². The number of rotatable bonds is 13. The molecule has 0 bridgehead atoms. The summed E-state index contributed by atoms with van der Waals surface area (Å²) in [7, 11) is 0.